The van der Waals surface area contributed by atoms with Crippen LogP contribution >= 0.6 is 0 Å². The highest BCUT2D eigenvalue weighted by Crippen LogP contribution is 2.36. The first kappa shape index (κ1) is 12.9. The SMILES string of the molecule is Cc1oc(C)c2c1C(=O)c1cccc(C(C)C)c1C2=O. The third-order valence-corrected chi connectivity index (χ3v) is 3.90. The summed E-state index contributed by atoms with van der Waals surface area (Å²) in [6.07, 6.45) is 0. The number of ketones is 2. The van der Waals surface area contributed by atoms with Gasteiger partial charge in [-0.1, -0.05) is 32.0 Å². The van der Waals surface area contributed by atoms with Crippen LogP contribution in [0.3, 0.4) is 0 Å². The molecule has 0 N–H and O–H groups in total. The van der Waals surface area contributed by atoms with Crippen molar-refractivity contribution in [3.8, 4) is 0 Å². The summed E-state index contributed by atoms with van der Waals surface area (Å²) >= 11 is 0. The lowest BCUT2D eigenvalue weighted by atomic mass is 9.80. The Morgan fingerprint density at radius 1 is 0.900 bits per heavy atom. The molecule has 0 fully saturated rings. The first-order valence-electron chi connectivity index (χ1n) is 6.75. The fourth-order valence-electron chi connectivity index (χ4n) is 2.98. The van der Waals surface area contributed by atoms with Gasteiger partial charge in [-0.05, 0) is 25.3 Å². The van der Waals surface area contributed by atoms with Crippen molar-refractivity contribution in [2.75, 3.05) is 0 Å². The maximum absolute atomic E-state index is 12.8. The maximum Gasteiger partial charge on any atom is 0.198 e. The third kappa shape index (κ3) is 1.52. The van der Waals surface area contributed by atoms with Gasteiger partial charge in [-0.3, -0.25) is 9.59 Å². The van der Waals surface area contributed by atoms with E-state index in [1.54, 1.807) is 19.9 Å². The second-order valence-corrected chi connectivity index (χ2v) is 5.55. The van der Waals surface area contributed by atoms with Crippen molar-refractivity contribution in [3.05, 3.63) is 57.5 Å². The summed E-state index contributed by atoms with van der Waals surface area (Å²) in [6, 6.07) is 5.49. The van der Waals surface area contributed by atoms with E-state index in [1.807, 2.05) is 26.0 Å². The fraction of sp³-hybridized carbons (Fsp3) is 0.294. The second-order valence-electron chi connectivity index (χ2n) is 5.55. The molecule has 3 rings (SSSR count). The molecule has 0 saturated carbocycles. The summed E-state index contributed by atoms with van der Waals surface area (Å²) in [6.45, 7) is 7.51. The number of hydrogen-bond donors (Lipinski definition) is 0. The molecule has 0 bridgehead atoms. The normalized spacial score (nSPS) is 13.7. The number of aryl methyl sites for hydroxylation is 2. The zero-order valence-electron chi connectivity index (χ0n) is 12.0. The molecule has 2 aromatic rings. The van der Waals surface area contributed by atoms with Crippen LogP contribution in [0.1, 0.15) is 68.7 Å². The number of carbonyl (C=O) groups excluding carboxylic acids is 2. The van der Waals surface area contributed by atoms with E-state index >= 15 is 0 Å². The first-order chi connectivity index (χ1) is 9.43. The Hall–Kier alpha value is -2.16. The molecule has 1 aromatic heterocycles. The summed E-state index contributed by atoms with van der Waals surface area (Å²) in [4.78, 5) is 25.5. The van der Waals surface area contributed by atoms with Crippen molar-refractivity contribution in [2.45, 2.75) is 33.6 Å². The summed E-state index contributed by atoms with van der Waals surface area (Å²) in [7, 11) is 0. The van der Waals surface area contributed by atoms with E-state index in [9.17, 15) is 9.59 Å². The molecule has 1 heterocycles. The summed E-state index contributed by atoms with van der Waals surface area (Å²) < 4.78 is 5.50. The van der Waals surface area contributed by atoms with Gasteiger partial charge in [0.2, 0.25) is 0 Å². The third-order valence-electron chi connectivity index (χ3n) is 3.90. The Kier molecular flexibility index (Phi) is 2.68. The van der Waals surface area contributed by atoms with Crippen molar-refractivity contribution in [2.24, 2.45) is 0 Å². The van der Waals surface area contributed by atoms with Gasteiger partial charge in [-0.25, -0.2) is 0 Å². The van der Waals surface area contributed by atoms with Gasteiger partial charge in [-0.15, -0.1) is 0 Å². The topological polar surface area (TPSA) is 47.3 Å². The van der Waals surface area contributed by atoms with E-state index in [2.05, 4.69) is 0 Å². The van der Waals surface area contributed by atoms with Crippen LogP contribution < -0.4 is 0 Å². The fourth-order valence-corrected chi connectivity index (χ4v) is 2.98. The van der Waals surface area contributed by atoms with E-state index in [4.69, 9.17) is 4.42 Å². The highest BCUT2D eigenvalue weighted by atomic mass is 16.3. The van der Waals surface area contributed by atoms with Crippen LogP contribution in [-0.4, -0.2) is 11.6 Å². The van der Waals surface area contributed by atoms with Crippen molar-refractivity contribution < 1.29 is 14.0 Å². The van der Waals surface area contributed by atoms with Crippen molar-refractivity contribution in [1.82, 2.24) is 0 Å². The molecule has 0 saturated heterocycles. The predicted molar refractivity (Wildman–Crippen MR) is 75.6 cm³/mol. The lowest BCUT2D eigenvalue weighted by Gasteiger charge is -2.19. The van der Waals surface area contributed by atoms with Gasteiger partial charge >= 0.3 is 0 Å². The zero-order valence-corrected chi connectivity index (χ0v) is 12.0. The molecule has 0 spiro atoms. The average Bonchev–Trinajstić information content (AvgIpc) is 2.70. The lowest BCUT2D eigenvalue weighted by Crippen LogP contribution is -2.22. The van der Waals surface area contributed by atoms with Crippen LogP contribution in [-0.2, 0) is 0 Å². The van der Waals surface area contributed by atoms with E-state index in [-0.39, 0.29) is 17.5 Å². The first-order valence-corrected chi connectivity index (χ1v) is 6.75. The monoisotopic (exact) mass is 268 g/mol. The number of furan rings is 1. The number of carbonyl (C=O) groups is 2. The number of rotatable bonds is 1. The minimum Gasteiger partial charge on any atom is -0.465 e. The Morgan fingerprint density at radius 2 is 1.50 bits per heavy atom. The van der Waals surface area contributed by atoms with Gasteiger partial charge in [0.1, 0.15) is 11.5 Å². The smallest absolute Gasteiger partial charge is 0.198 e. The highest BCUT2D eigenvalue weighted by molar-refractivity contribution is 6.29. The molecular formula is C17H16O3. The summed E-state index contributed by atoms with van der Waals surface area (Å²) in [5.41, 5.74) is 2.83. The van der Waals surface area contributed by atoms with Gasteiger partial charge in [0.15, 0.2) is 11.6 Å². The van der Waals surface area contributed by atoms with Crippen LogP contribution in [0.25, 0.3) is 0 Å². The largest absolute Gasteiger partial charge is 0.465 e. The maximum atomic E-state index is 12.8. The van der Waals surface area contributed by atoms with Crippen LogP contribution in [0.15, 0.2) is 22.6 Å². The Morgan fingerprint density at radius 3 is 2.10 bits per heavy atom. The Balaban J connectivity index is 2.37. The predicted octanol–water partition coefficient (Wildman–Crippen LogP) is 3.80. The van der Waals surface area contributed by atoms with E-state index in [1.165, 1.54) is 0 Å². The summed E-state index contributed by atoms with van der Waals surface area (Å²) in [5, 5.41) is 0. The van der Waals surface area contributed by atoms with E-state index in [0.29, 0.717) is 33.8 Å². The molecule has 0 atom stereocenters. The molecule has 1 aromatic carbocycles. The Bertz CT molecular complexity index is 748. The molecule has 3 heteroatoms. The summed E-state index contributed by atoms with van der Waals surface area (Å²) in [5.74, 6) is 1.05. The van der Waals surface area contributed by atoms with Crippen LogP contribution in [0.4, 0.5) is 0 Å². The van der Waals surface area contributed by atoms with Crippen molar-refractivity contribution in [3.63, 3.8) is 0 Å². The second kappa shape index (κ2) is 4.17. The van der Waals surface area contributed by atoms with Gasteiger partial charge in [0.25, 0.3) is 0 Å². The molecule has 1 aliphatic carbocycles. The molecule has 0 amide bonds. The van der Waals surface area contributed by atoms with Gasteiger partial charge in [0, 0.05) is 11.1 Å². The zero-order chi connectivity index (χ0) is 14.6. The molecule has 3 nitrogen and oxygen atoms in total. The lowest BCUT2D eigenvalue weighted by molar-refractivity contribution is 0.0978. The highest BCUT2D eigenvalue weighted by Gasteiger charge is 2.36. The molecule has 0 unspecified atom stereocenters. The number of fused-ring (bicyclic) bond motifs is 2. The minimum absolute atomic E-state index is 0.0896. The van der Waals surface area contributed by atoms with Crippen molar-refractivity contribution >= 4 is 11.6 Å². The van der Waals surface area contributed by atoms with Crippen LogP contribution in [0.5, 0.6) is 0 Å². The molecule has 0 radical (unpaired) electrons. The number of benzene rings is 1. The molecule has 0 aliphatic heterocycles. The minimum atomic E-state index is -0.105. The number of hydrogen-bond acceptors (Lipinski definition) is 3. The van der Waals surface area contributed by atoms with Gasteiger partial charge in [0.05, 0.1) is 11.1 Å². The molecule has 20 heavy (non-hydrogen) atoms. The molecule has 102 valence electrons. The van der Waals surface area contributed by atoms with Gasteiger partial charge < -0.3 is 4.42 Å². The van der Waals surface area contributed by atoms with Crippen LogP contribution in [0.2, 0.25) is 0 Å². The van der Waals surface area contributed by atoms with Gasteiger partial charge in [-0.2, -0.15) is 0 Å². The molecular weight excluding hydrogens is 252 g/mol. The average molecular weight is 268 g/mol. The van der Waals surface area contributed by atoms with Crippen LogP contribution in [0, 0.1) is 13.8 Å². The van der Waals surface area contributed by atoms with E-state index in [0.717, 1.165) is 5.56 Å². The quantitative estimate of drug-likeness (QED) is 0.674. The molecule has 1 aliphatic rings. The van der Waals surface area contributed by atoms with Crippen molar-refractivity contribution in [1.29, 1.82) is 0 Å². The Labute approximate surface area is 117 Å². The van der Waals surface area contributed by atoms with E-state index < -0.39 is 0 Å². The standard InChI is InChI=1S/C17H16O3/c1-8(2)11-6-5-7-12-15(11)17(19)14-10(4)20-9(3)13(14)16(12)18/h5-8H,1-4H3.